The maximum atomic E-state index is 12.3. The summed E-state index contributed by atoms with van der Waals surface area (Å²) in [5, 5.41) is 1.92. The molecule has 0 saturated heterocycles. The highest BCUT2D eigenvalue weighted by atomic mass is 32.1. The van der Waals surface area contributed by atoms with Gasteiger partial charge in [-0.1, -0.05) is 13.3 Å². The first kappa shape index (κ1) is 19.3. The van der Waals surface area contributed by atoms with E-state index in [4.69, 9.17) is 14.2 Å². The number of amides is 1. The van der Waals surface area contributed by atoms with Gasteiger partial charge in [0.15, 0.2) is 6.61 Å². The third-order valence-electron chi connectivity index (χ3n) is 4.05. The molecule has 1 aromatic heterocycles. The smallest absolute Gasteiger partial charge is 0.326 e. The molecule has 0 spiro atoms. The van der Waals surface area contributed by atoms with Crippen molar-refractivity contribution in [1.29, 1.82) is 0 Å². The molecular weight excluding hydrogens is 368 g/mol. The largest absolute Gasteiger partial charge is 0.482 e. The van der Waals surface area contributed by atoms with E-state index in [9.17, 15) is 9.59 Å². The molecule has 0 atom stereocenters. The van der Waals surface area contributed by atoms with Crippen molar-refractivity contribution in [3.05, 3.63) is 29.1 Å². The molecule has 0 saturated carbocycles. The molecule has 0 fully saturated rings. The minimum Gasteiger partial charge on any atom is -0.482 e. The normalized spacial score (nSPS) is 13.2. The zero-order valence-corrected chi connectivity index (χ0v) is 16.0. The summed E-state index contributed by atoms with van der Waals surface area (Å²) in [6, 6.07) is 5.48. The highest BCUT2D eigenvalue weighted by Gasteiger charge is 2.28. The average molecular weight is 390 g/mol. The van der Waals surface area contributed by atoms with E-state index >= 15 is 0 Å². The topological polar surface area (TPSA) is 78.0 Å². The van der Waals surface area contributed by atoms with Gasteiger partial charge in [-0.05, 0) is 24.6 Å². The minimum atomic E-state index is -0.477. The van der Waals surface area contributed by atoms with E-state index in [1.54, 1.807) is 11.6 Å². The highest BCUT2D eigenvalue weighted by molar-refractivity contribution is 7.07. The van der Waals surface area contributed by atoms with Crippen LogP contribution in [0.25, 0.3) is 11.3 Å². The molecule has 1 aliphatic heterocycles. The van der Waals surface area contributed by atoms with Crippen LogP contribution in [0.15, 0.2) is 29.1 Å². The van der Waals surface area contributed by atoms with Crippen LogP contribution in [0.3, 0.4) is 0 Å². The maximum Gasteiger partial charge on any atom is 0.326 e. The van der Waals surface area contributed by atoms with Gasteiger partial charge in [-0.25, -0.2) is 4.98 Å². The molecule has 27 heavy (non-hydrogen) atoms. The summed E-state index contributed by atoms with van der Waals surface area (Å²) in [6.07, 6.45) is 2.04. The first-order valence-electron chi connectivity index (χ1n) is 8.88. The molecule has 0 unspecified atom stereocenters. The SMILES string of the molecule is CCCCOCCOC(=O)CN1C(=O)COc2ccc(-c3cscn3)cc21. The van der Waals surface area contributed by atoms with Crippen LogP contribution in [0.1, 0.15) is 19.8 Å². The van der Waals surface area contributed by atoms with Crippen molar-refractivity contribution in [3.63, 3.8) is 0 Å². The standard InChI is InChI=1S/C19H22N2O5S/c1-2-3-6-24-7-8-25-19(23)10-21-16-9-14(15-12-27-13-20-15)4-5-17(16)26-11-18(21)22/h4-5,9,12-13H,2-3,6-8,10-11H2,1H3. The Morgan fingerprint density at radius 1 is 1.33 bits per heavy atom. The Bertz CT molecular complexity index is 778. The lowest BCUT2D eigenvalue weighted by molar-refractivity contribution is -0.144. The van der Waals surface area contributed by atoms with Crippen LogP contribution in [0.2, 0.25) is 0 Å². The van der Waals surface area contributed by atoms with Crippen molar-refractivity contribution in [2.75, 3.05) is 37.9 Å². The monoisotopic (exact) mass is 390 g/mol. The second-order valence-electron chi connectivity index (χ2n) is 6.01. The maximum absolute atomic E-state index is 12.3. The number of rotatable bonds is 9. The van der Waals surface area contributed by atoms with Crippen molar-refractivity contribution in [2.45, 2.75) is 19.8 Å². The zero-order chi connectivity index (χ0) is 19.1. The van der Waals surface area contributed by atoms with Gasteiger partial charge in [0.2, 0.25) is 0 Å². The molecule has 0 N–H and O–H groups in total. The van der Waals surface area contributed by atoms with Crippen molar-refractivity contribution in [2.24, 2.45) is 0 Å². The molecule has 0 radical (unpaired) electrons. The molecular formula is C19H22N2O5S. The van der Waals surface area contributed by atoms with Crippen LogP contribution >= 0.6 is 11.3 Å². The summed E-state index contributed by atoms with van der Waals surface area (Å²) in [6.45, 7) is 3.00. The van der Waals surface area contributed by atoms with Crippen LogP contribution in [0.5, 0.6) is 5.75 Å². The third-order valence-corrected chi connectivity index (χ3v) is 4.64. The zero-order valence-electron chi connectivity index (χ0n) is 15.2. The van der Waals surface area contributed by atoms with Gasteiger partial charge in [0.1, 0.15) is 18.9 Å². The third kappa shape index (κ3) is 5.05. The minimum absolute atomic E-state index is 0.101. The van der Waals surface area contributed by atoms with E-state index in [-0.39, 0.29) is 25.7 Å². The summed E-state index contributed by atoms with van der Waals surface area (Å²) in [5.41, 5.74) is 3.96. The molecule has 2 heterocycles. The number of hydrogen-bond acceptors (Lipinski definition) is 7. The molecule has 144 valence electrons. The number of fused-ring (bicyclic) bond motifs is 1. The van der Waals surface area contributed by atoms with Crippen molar-refractivity contribution in [3.8, 4) is 17.0 Å². The number of carbonyl (C=O) groups excluding carboxylic acids is 2. The first-order chi connectivity index (χ1) is 13.2. The summed E-state index contributed by atoms with van der Waals surface area (Å²) in [5.74, 6) is -0.201. The predicted molar refractivity (Wildman–Crippen MR) is 102 cm³/mol. The molecule has 0 bridgehead atoms. The van der Waals surface area contributed by atoms with E-state index in [2.05, 4.69) is 11.9 Å². The fourth-order valence-electron chi connectivity index (χ4n) is 2.63. The number of thiazole rings is 1. The Hall–Kier alpha value is -2.45. The van der Waals surface area contributed by atoms with Gasteiger partial charge in [0.05, 0.1) is 23.5 Å². The number of anilines is 1. The van der Waals surface area contributed by atoms with Gasteiger partial charge in [-0.2, -0.15) is 0 Å². The summed E-state index contributed by atoms with van der Waals surface area (Å²) < 4.78 is 16.0. The Labute approximate surface area is 161 Å². The van der Waals surface area contributed by atoms with Crippen LogP contribution in [0.4, 0.5) is 5.69 Å². The van der Waals surface area contributed by atoms with E-state index in [0.717, 1.165) is 24.1 Å². The second-order valence-corrected chi connectivity index (χ2v) is 6.73. The van der Waals surface area contributed by atoms with Gasteiger partial charge >= 0.3 is 5.97 Å². The molecule has 8 heteroatoms. The molecule has 1 aliphatic rings. The Balaban J connectivity index is 1.63. The Morgan fingerprint density at radius 3 is 3.00 bits per heavy atom. The fourth-order valence-corrected chi connectivity index (χ4v) is 3.19. The molecule has 3 rings (SSSR count). The molecule has 0 aliphatic carbocycles. The van der Waals surface area contributed by atoms with E-state index in [1.807, 2.05) is 17.5 Å². The number of esters is 1. The van der Waals surface area contributed by atoms with Crippen LogP contribution in [-0.2, 0) is 19.1 Å². The van der Waals surface area contributed by atoms with Crippen LogP contribution < -0.4 is 9.64 Å². The first-order valence-corrected chi connectivity index (χ1v) is 9.82. The average Bonchev–Trinajstić information content (AvgIpc) is 3.21. The van der Waals surface area contributed by atoms with E-state index in [1.165, 1.54) is 16.2 Å². The Morgan fingerprint density at radius 2 is 2.22 bits per heavy atom. The number of nitrogens with zero attached hydrogens (tertiary/aromatic N) is 2. The number of ether oxygens (including phenoxy) is 3. The van der Waals surface area contributed by atoms with Crippen molar-refractivity contribution >= 4 is 28.9 Å². The number of carbonyl (C=O) groups is 2. The molecule has 1 aromatic carbocycles. The van der Waals surface area contributed by atoms with Gasteiger partial charge in [0, 0.05) is 17.6 Å². The second kappa shape index (κ2) is 9.48. The fraction of sp³-hybridized carbons (Fsp3) is 0.421. The summed E-state index contributed by atoms with van der Waals surface area (Å²) in [7, 11) is 0. The summed E-state index contributed by atoms with van der Waals surface area (Å²) >= 11 is 1.49. The van der Waals surface area contributed by atoms with Gasteiger partial charge < -0.3 is 14.2 Å². The predicted octanol–water partition coefficient (Wildman–Crippen LogP) is 2.90. The number of hydrogen-bond donors (Lipinski definition) is 0. The number of benzene rings is 1. The molecule has 1 amide bonds. The van der Waals surface area contributed by atoms with E-state index < -0.39 is 5.97 Å². The summed E-state index contributed by atoms with van der Waals surface area (Å²) in [4.78, 5) is 30.1. The van der Waals surface area contributed by atoms with Crippen LogP contribution in [0, 0.1) is 0 Å². The number of unbranched alkanes of at least 4 members (excludes halogenated alkanes) is 1. The van der Waals surface area contributed by atoms with Gasteiger partial charge in [0.25, 0.3) is 5.91 Å². The molecule has 7 nitrogen and oxygen atoms in total. The van der Waals surface area contributed by atoms with Crippen LogP contribution in [-0.4, -0.2) is 49.8 Å². The molecule has 2 aromatic rings. The quantitative estimate of drug-likeness (QED) is 0.484. The lowest BCUT2D eigenvalue weighted by atomic mass is 10.1. The lowest BCUT2D eigenvalue weighted by Crippen LogP contribution is -2.42. The number of aromatic nitrogens is 1. The highest BCUT2D eigenvalue weighted by Crippen LogP contribution is 2.35. The van der Waals surface area contributed by atoms with Crippen molar-refractivity contribution in [1.82, 2.24) is 4.98 Å². The van der Waals surface area contributed by atoms with E-state index in [0.29, 0.717) is 24.7 Å². The van der Waals surface area contributed by atoms with Gasteiger partial charge in [-0.15, -0.1) is 11.3 Å². The van der Waals surface area contributed by atoms with Gasteiger partial charge in [-0.3, -0.25) is 14.5 Å². The van der Waals surface area contributed by atoms with Crippen molar-refractivity contribution < 1.29 is 23.8 Å². The lowest BCUT2D eigenvalue weighted by Gasteiger charge is -2.29. The Kier molecular flexibility index (Phi) is 6.78.